The van der Waals surface area contributed by atoms with Gasteiger partial charge < -0.3 is 10.1 Å². The fourth-order valence-corrected chi connectivity index (χ4v) is 3.88. The lowest BCUT2D eigenvalue weighted by Crippen LogP contribution is -2.18. The van der Waals surface area contributed by atoms with Crippen LogP contribution in [0.1, 0.15) is 5.56 Å². The van der Waals surface area contributed by atoms with Gasteiger partial charge in [0.1, 0.15) is 39.3 Å². The van der Waals surface area contributed by atoms with Crippen LogP contribution in [0.3, 0.4) is 0 Å². The number of hydrogen-bond acceptors (Lipinski definition) is 7. The molecule has 0 unspecified atom stereocenters. The Morgan fingerprint density at radius 1 is 1.24 bits per heavy atom. The van der Waals surface area contributed by atoms with E-state index in [1.165, 1.54) is 17.7 Å². The number of ether oxygens (including phenoxy) is 1. The van der Waals surface area contributed by atoms with Crippen LogP contribution in [0.15, 0.2) is 35.6 Å². The van der Waals surface area contributed by atoms with Gasteiger partial charge in [-0.15, -0.1) is 11.3 Å². The Labute approximate surface area is 147 Å². The molecule has 0 aliphatic heterocycles. The van der Waals surface area contributed by atoms with Crippen molar-refractivity contribution in [1.82, 2.24) is 19.5 Å². The lowest BCUT2D eigenvalue weighted by molar-refractivity contribution is 0.414. The van der Waals surface area contributed by atoms with Crippen molar-refractivity contribution in [1.29, 1.82) is 0 Å². The summed E-state index contributed by atoms with van der Waals surface area (Å²) in [5, 5.41) is 3.81. The van der Waals surface area contributed by atoms with Gasteiger partial charge in [-0.25, -0.2) is 15.0 Å². The van der Waals surface area contributed by atoms with Gasteiger partial charge in [-0.3, -0.25) is 9.36 Å². The first-order chi connectivity index (χ1) is 12.1. The summed E-state index contributed by atoms with van der Waals surface area (Å²) in [5.41, 5.74) is 2.21. The topological polar surface area (TPSA) is 81.9 Å². The Hall–Kier alpha value is -3.00. The van der Waals surface area contributed by atoms with Gasteiger partial charge in [0.05, 0.1) is 18.2 Å². The molecule has 0 aliphatic carbocycles. The summed E-state index contributed by atoms with van der Waals surface area (Å²) < 4.78 is 7.34. The second-order valence-corrected chi connectivity index (χ2v) is 6.50. The lowest BCUT2D eigenvalue weighted by atomic mass is 10.2. The van der Waals surface area contributed by atoms with Crippen LogP contribution in [-0.2, 0) is 0 Å². The van der Waals surface area contributed by atoms with E-state index in [1.54, 1.807) is 25.1 Å². The average molecular weight is 353 g/mol. The van der Waals surface area contributed by atoms with Gasteiger partial charge in [0.2, 0.25) is 0 Å². The maximum atomic E-state index is 13.0. The van der Waals surface area contributed by atoms with Crippen molar-refractivity contribution in [3.8, 4) is 11.4 Å². The molecule has 25 heavy (non-hydrogen) atoms. The minimum Gasteiger partial charge on any atom is -0.497 e. The van der Waals surface area contributed by atoms with Gasteiger partial charge in [0, 0.05) is 7.05 Å². The van der Waals surface area contributed by atoms with Crippen LogP contribution >= 0.6 is 11.3 Å². The van der Waals surface area contributed by atoms with Crippen LogP contribution in [0.2, 0.25) is 0 Å². The molecular formula is C17H15N5O2S. The smallest absolute Gasteiger partial charge is 0.275 e. The highest BCUT2D eigenvalue weighted by Gasteiger charge is 2.17. The molecule has 126 valence electrons. The van der Waals surface area contributed by atoms with Crippen LogP contribution in [0, 0.1) is 6.92 Å². The van der Waals surface area contributed by atoms with E-state index in [-0.39, 0.29) is 5.56 Å². The molecule has 1 N–H and O–H groups in total. The van der Waals surface area contributed by atoms with Crippen LogP contribution < -0.4 is 15.6 Å². The highest BCUT2D eigenvalue weighted by molar-refractivity contribution is 7.25. The van der Waals surface area contributed by atoms with Crippen molar-refractivity contribution < 1.29 is 4.74 Å². The Morgan fingerprint density at radius 2 is 2.08 bits per heavy atom. The number of hydrogen-bond donors (Lipinski definition) is 1. The van der Waals surface area contributed by atoms with E-state index in [0.717, 1.165) is 27.2 Å². The average Bonchev–Trinajstić information content (AvgIpc) is 3.02. The minimum absolute atomic E-state index is 0.122. The molecule has 3 aromatic heterocycles. The minimum atomic E-state index is -0.122. The molecule has 3 heterocycles. The van der Waals surface area contributed by atoms with E-state index in [9.17, 15) is 4.79 Å². The van der Waals surface area contributed by atoms with Gasteiger partial charge >= 0.3 is 0 Å². The molecule has 4 rings (SSSR count). The van der Waals surface area contributed by atoms with Crippen molar-refractivity contribution in [2.45, 2.75) is 6.92 Å². The van der Waals surface area contributed by atoms with Gasteiger partial charge in [-0.1, -0.05) is 0 Å². The first kappa shape index (κ1) is 15.5. The predicted molar refractivity (Wildman–Crippen MR) is 99.1 cm³/mol. The number of rotatable bonds is 3. The van der Waals surface area contributed by atoms with Crippen molar-refractivity contribution in [2.24, 2.45) is 0 Å². The number of aromatic nitrogens is 4. The molecule has 0 atom stereocenters. The number of thiophene rings is 1. The summed E-state index contributed by atoms with van der Waals surface area (Å²) in [5.74, 6) is 1.42. The molecule has 0 amide bonds. The summed E-state index contributed by atoms with van der Waals surface area (Å²) in [7, 11) is 3.40. The second kappa shape index (κ2) is 5.82. The molecule has 0 saturated heterocycles. The Morgan fingerprint density at radius 3 is 2.80 bits per heavy atom. The Balaban J connectivity index is 2.01. The molecule has 7 nitrogen and oxygen atoms in total. The maximum Gasteiger partial charge on any atom is 0.275 e. The number of nitrogens with zero attached hydrogens (tertiary/aromatic N) is 4. The zero-order chi connectivity index (χ0) is 17.6. The van der Waals surface area contributed by atoms with Crippen molar-refractivity contribution in [3.63, 3.8) is 0 Å². The standard InChI is InChI=1S/C17H15N5O2S/c1-9-6-10(24-3)4-5-11(9)22-8-21-13-12-15(18-2)19-7-20-16(12)25-14(13)17(22)23/h4-8H,1-3H3,(H,18,19,20). The van der Waals surface area contributed by atoms with E-state index < -0.39 is 0 Å². The summed E-state index contributed by atoms with van der Waals surface area (Å²) in [6, 6.07) is 5.57. The first-order valence-electron chi connectivity index (χ1n) is 7.61. The third-order valence-electron chi connectivity index (χ3n) is 4.08. The molecule has 0 aliphatic rings. The fraction of sp³-hybridized carbons (Fsp3) is 0.176. The van der Waals surface area contributed by atoms with Crippen molar-refractivity contribution in [3.05, 3.63) is 46.8 Å². The fourth-order valence-electron chi connectivity index (χ4n) is 2.85. The lowest BCUT2D eigenvalue weighted by Gasteiger charge is -2.10. The number of methoxy groups -OCH3 is 1. The monoisotopic (exact) mass is 353 g/mol. The molecule has 0 spiro atoms. The summed E-state index contributed by atoms with van der Waals surface area (Å²) >= 11 is 1.33. The second-order valence-electron chi connectivity index (χ2n) is 5.50. The molecule has 0 saturated carbocycles. The summed E-state index contributed by atoms with van der Waals surface area (Å²) in [4.78, 5) is 26.8. The molecular weight excluding hydrogens is 338 g/mol. The van der Waals surface area contributed by atoms with Crippen molar-refractivity contribution in [2.75, 3.05) is 19.5 Å². The van der Waals surface area contributed by atoms with E-state index in [1.807, 2.05) is 25.1 Å². The zero-order valence-electron chi connectivity index (χ0n) is 13.9. The normalized spacial score (nSPS) is 11.2. The first-order valence-corrected chi connectivity index (χ1v) is 8.43. The largest absolute Gasteiger partial charge is 0.497 e. The number of aryl methyl sites for hydroxylation is 1. The number of anilines is 1. The maximum absolute atomic E-state index is 13.0. The van der Waals surface area contributed by atoms with Crippen molar-refractivity contribution >= 4 is 37.6 Å². The van der Waals surface area contributed by atoms with E-state index >= 15 is 0 Å². The zero-order valence-corrected chi connectivity index (χ0v) is 14.7. The molecule has 1 aromatic carbocycles. The van der Waals surface area contributed by atoms with Crippen LogP contribution in [0.25, 0.3) is 26.1 Å². The third kappa shape index (κ3) is 2.33. The van der Waals surface area contributed by atoms with Gasteiger partial charge in [0.25, 0.3) is 5.56 Å². The summed E-state index contributed by atoms with van der Waals surface area (Å²) in [6.45, 7) is 1.93. The highest BCUT2D eigenvalue weighted by atomic mass is 32.1. The van der Waals surface area contributed by atoms with Crippen LogP contribution in [0.5, 0.6) is 5.75 Å². The summed E-state index contributed by atoms with van der Waals surface area (Å²) in [6.07, 6.45) is 3.04. The Bertz CT molecular complexity index is 1170. The Kier molecular flexibility index (Phi) is 3.61. The number of benzene rings is 1. The SMILES string of the molecule is CNc1ncnc2sc3c(=O)n(-c4ccc(OC)cc4C)cnc3c12. The third-order valence-corrected chi connectivity index (χ3v) is 5.15. The molecule has 0 radical (unpaired) electrons. The van der Waals surface area contributed by atoms with E-state index in [2.05, 4.69) is 20.3 Å². The number of fused-ring (bicyclic) bond motifs is 3. The van der Waals surface area contributed by atoms with Gasteiger partial charge in [-0.05, 0) is 30.7 Å². The van der Waals surface area contributed by atoms with Gasteiger partial charge in [0.15, 0.2) is 0 Å². The number of nitrogens with one attached hydrogen (secondary N) is 1. The van der Waals surface area contributed by atoms with Crippen LogP contribution in [-0.4, -0.2) is 33.7 Å². The predicted octanol–water partition coefficient (Wildman–Crippen LogP) is 2.75. The molecule has 0 fully saturated rings. The van der Waals surface area contributed by atoms with Crippen LogP contribution in [0.4, 0.5) is 5.82 Å². The molecule has 4 aromatic rings. The molecule has 0 bridgehead atoms. The highest BCUT2D eigenvalue weighted by Crippen LogP contribution is 2.32. The van der Waals surface area contributed by atoms with Gasteiger partial charge in [-0.2, -0.15) is 0 Å². The van der Waals surface area contributed by atoms with E-state index in [4.69, 9.17) is 4.74 Å². The molecule has 8 heteroatoms. The van der Waals surface area contributed by atoms with E-state index in [0.29, 0.717) is 16.0 Å². The quantitative estimate of drug-likeness (QED) is 0.610.